The molecule has 0 amide bonds. The Bertz CT molecular complexity index is 516. The topological polar surface area (TPSA) is 59.6 Å². The van der Waals surface area contributed by atoms with Crippen LogP contribution < -0.4 is 15.8 Å². The second kappa shape index (κ2) is 7.62. The van der Waals surface area contributed by atoms with Crippen LogP contribution in [0.15, 0.2) is 29.3 Å². The van der Waals surface area contributed by atoms with Crippen molar-refractivity contribution in [3.8, 4) is 5.75 Å². The lowest BCUT2D eigenvalue weighted by Crippen LogP contribution is -2.26. The molecule has 0 atom stereocenters. The van der Waals surface area contributed by atoms with Gasteiger partial charge in [0, 0.05) is 6.54 Å². The summed E-state index contributed by atoms with van der Waals surface area (Å²) in [6.07, 6.45) is -2.56. The molecule has 1 aliphatic rings. The summed E-state index contributed by atoms with van der Waals surface area (Å²) in [5, 5.41) is 2.67. The lowest BCUT2D eigenvalue weighted by molar-refractivity contribution is -0.274. The lowest BCUT2D eigenvalue weighted by Gasteiger charge is -2.19. The summed E-state index contributed by atoms with van der Waals surface area (Å²) in [5.74, 6) is 2.49. The molecule has 1 aromatic carbocycles. The van der Waals surface area contributed by atoms with Gasteiger partial charge in [-0.1, -0.05) is 12.1 Å². The largest absolute Gasteiger partial charge is 0.573 e. The molecule has 1 saturated heterocycles. The number of hydrogen-bond donors (Lipinski definition) is 2. The molecule has 22 heavy (non-hydrogen) atoms. The number of rotatable bonds is 4. The number of nitrogens with one attached hydrogen (secondary N) is 1. The molecule has 0 spiro atoms. The Morgan fingerprint density at radius 2 is 2.00 bits per heavy atom. The molecule has 122 valence electrons. The van der Waals surface area contributed by atoms with E-state index in [0.717, 1.165) is 24.3 Å². The van der Waals surface area contributed by atoms with Gasteiger partial charge in [0.05, 0.1) is 5.69 Å². The minimum absolute atomic E-state index is 0.0939. The van der Waals surface area contributed by atoms with Crippen molar-refractivity contribution in [2.24, 2.45) is 16.6 Å². The smallest absolute Gasteiger partial charge is 0.404 e. The first-order valence-electron chi connectivity index (χ1n) is 6.93. The summed E-state index contributed by atoms with van der Waals surface area (Å²) in [5.41, 5.74) is 5.89. The highest BCUT2D eigenvalue weighted by Crippen LogP contribution is 2.29. The van der Waals surface area contributed by atoms with Crippen LogP contribution in [0.4, 0.5) is 18.9 Å². The van der Waals surface area contributed by atoms with Crippen LogP contribution in [0.3, 0.4) is 0 Å². The number of halogens is 3. The van der Waals surface area contributed by atoms with Crippen LogP contribution in [-0.2, 0) is 0 Å². The molecule has 8 heteroatoms. The molecule has 1 heterocycles. The van der Waals surface area contributed by atoms with E-state index in [2.05, 4.69) is 15.0 Å². The van der Waals surface area contributed by atoms with Gasteiger partial charge in [-0.3, -0.25) is 4.99 Å². The minimum atomic E-state index is -4.75. The first-order valence-corrected chi connectivity index (χ1v) is 8.09. The molecule has 1 aliphatic heterocycles. The number of benzene rings is 1. The minimum Gasteiger partial charge on any atom is -0.404 e. The van der Waals surface area contributed by atoms with E-state index >= 15 is 0 Å². The SMILES string of the molecule is NC(=NCC1CCSCC1)Nc1ccccc1OC(F)(F)F. The molecule has 0 saturated carbocycles. The van der Waals surface area contributed by atoms with Crippen molar-refractivity contribution in [2.45, 2.75) is 19.2 Å². The monoisotopic (exact) mass is 333 g/mol. The lowest BCUT2D eigenvalue weighted by atomic mass is 10.0. The van der Waals surface area contributed by atoms with Crippen molar-refractivity contribution in [3.05, 3.63) is 24.3 Å². The molecule has 0 bridgehead atoms. The van der Waals surface area contributed by atoms with Crippen LogP contribution in [0.1, 0.15) is 12.8 Å². The summed E-state index contributed by atoms with van der Waals surface area (Å²) in [6.45, 7) is 0.585. The number of nitrogens with zero attached hydrogens (tertiary/aromatic N) is 1. The van der Waals surface area contributed by atoms with E-state index in [1.54, 1.807) is 6.07 Å². The van der Waals surface area contributed by atoms with E-state index in [1.807, 2.05) is 11.8 Å². The van der Waals surface area contributed by atoms with E-state index in [1.165, 1.54) is 18.2 Å². The fourth-order valence-corrected chi connectivity index (χ4v) is 3.32. The second-order valence-electron chi connectivity index (χ2n) is 4.95. The molecule has 1 aromatic rings. The number of guanidine groups is 1. The van der Waals surface area contributed by atoms with Crippen molar-refractivity contribution >= 4 is 23.4 Å². The van der Waals surface area contributed by atoms with E-state index in [-0.39, 0.29) is 17.4 Å². The third-order valence-electron chi connectivity index (χ3n) is 3.24. The Hall–Kier alpha value is -1.57. The average Bonchev–Trinajstić information content (AvgIpc) is 2.47. The molecule has 1 fully saturated rings. The number of anilines is 1. The fraction of sp³-hybridized carbons (Fsp3) is 0.500. The highest BCUT2D eigenvalue weighted by molar-refractivity contribution is 7.99. The van der Waals surface area contributed by atoms with Crippen LogP contribution in [0, 0.1) is 5.92 Å². The third-order valence-corrected chi connectivity index (χ3v) is 4.28. The standard InChI is InChI=1S/C14H18F3N3OS/c15-14(16,17)21-12-4-2-1-3-11(12)20-13(18)19-9-10-5-7-22-8-6-10/h1-4,10H,5-9H2,(H3,18,19,20). The predicted molar refractivity (Wildman–Crippen MR) is 83.3 cm³/mol. The first-order chi connectivity index (χ1) is 10.4. The van der Waals surface area contributed by atoms with Crippen molar-refractivity contribution in [2.75, 3.05) is 23.4 Å². The van der Waals surface area contributed by atoms with Crippen LogP contribution in [0.2, 0.25) is 0 Å². The third kappa shape index (κ3) is 5.67. The molecule has 2 rings (SSSR count). The summed E-state index contributed by atoms with van der Waals surface area (Å²) < 4.78 is 41.0. The highest BCUT2D eigenvalue weighted by atomic mass is 32.2. The number of aliphatic imine (C=N–C) groups is 1. The van der Waals surface area contributed by atoms with Crippen LogP contribution >= 0.6 is 11.8 Å². The van der Waals surface area contributed by atoms with Gasteiger partial charge in [0.15, 0.2) is 11.7 Å². The zero-order chi connectivity index (χ0) is 16.0. The highest BCUT2D eigenvalue weighted by Gasteiger charge is 2.32. The zero-order valence-electron chi connectivity index (χ0n) is 11.9. The van der Waals surface area contributed by atoms with Crippen LogP contribution in [0.5, 0.6) is 5.75 Å². The number of alkyl halides is 3. The van der Waals surface area contributed by atoms with Gasteiger partial charge in [-0.25, -0.2) is 0 Å². The summed E-state index contributed by atoms with van der Waals surface area (Å²) >= 11 is 1.92. The number of nitrogens with two attached hydrogens (primary N) is 1. The van der Waals surface area contributed by atoms with E-state index in [4.69, 9.17) is 5.73 Å². The molecule has 0 radical (unpaired) electrons. The Balaban J connectivity index is 1.97. The molecule has 0 aliphatic carbocycles. The van der Waals surface area contributed by atoms with Crippen molar-refractivity contribution in [1.82, 2.24) is 0 Å². The van der Waals surface area contributed by atoms with Gasteiger partial charge in [0.25, 0.3) is 0 Å². The van der Waals surface area contributed by atoms with Crippen molar-refractivity contribution in [3.63, 3.8) is 0 Å². The van der Waals surface area contributed by atoms with Crippen LogP contribution in [0.25, 0.3) is 0 Å². The Labute approximate surface area is 131 Å². The maximum atomic E-state index is 12.3. The fourth-order valence-electron chi connectivity index (χ4n) is 2.12. The Morgan fingerprint density at radius 3 is 2.68 bits per heavy atom. The van der Waals surface area contributed by atoms with E-state index < -0.39 is 6.36 Å². The van der Waals surface area contributed by atoms with Gasteiger partial charge in [-0.2, -0.15) is 11.8 Å². The Kier molecular flexibility index (Phi) is 5.82. The average molecular weight is 333 g/mol. The molecular weight excluding hydrogens is 315 g/mol. The Morgan fingerprint density at radius 1 is 1.32 bits per heavy atom. The maximum Gasteiger partial charge on any atom is 0.573 e. The van der Waals surface area contributed by atoms with Crippen LogP contribution in [-0.4, -0.2) is 30.4 Å². The van der Waals surface area contributed by atoms with E-state index in [9.17, 15) is 13.2 Å². The number of para-hydroxylation sites is 2. The molecule has 4 nitrogen and oxygen atoms in total. The predicted octanol–water partition coefficient (Wildman–Crippen LogP) is 3.46. The van der Waals surface area contributed by atoms with Gasteiger partial charge in [0.2, 0.25) is 0 Å². The summed E-state index contributed by atoms with van der Waals surface area (Å²) in [7, 11) is 0. The molecular formula is C14H18F3N3OS. The molecule has 3 N–H and O–H groups in total. The van der Waals surface area contributed by atoms with Crippen molar-refractivity contribution < 1.29 is 17.9 Å². The number of hydrogen-bond acceptors (Lipinski definition) is 3. The van der Waals surface area contributed by atoms with Crippen molar-refractivity contribution in [1.29, 1.82) is 0 Å². The summed E-state index contributed by atoms with van der Waals surface area (Å²) in [4.78, 5) is 4.22. The molecule has 0 aromatic heterocycles. The van der Waals surface area contributed by atoms with E-state index in [0.29, 0.717) is 12.5 Å². The number of thioether (sulfide) groups is 1. The molecule has 0 unspecified atom stereocenters. The number of ether oxygens (including phenoxy) is 1. The van der Waals surface area contributed by atoms with Gasteiger partial charge >= 0.3 is 6.36 Å². The summed E-state index contributed by atoms with van der Waals surface area (Å²) in [6, 6.07) is 5.73. The van der Waals surface area contributed by atoms with Gasteiger partial charge < -0.3 is 15.8 Å². The van der Waals surface area contributed by atoms with Gasteiger partial charge in [-0.05, 0) is 42.4 Å². The van der Waals surface area contributed by atoms with Gasteiger partial charge in [0.1, 0.15) is 0 Å². The normalized spacial score (nSPS) is 17.3. The maximum absolute atomic E-state index is 12.3. The quantitative estimate of drug-likeness (QED) is 0.654. The zero-order valence-corrected chi connectivity index (χ0v) is 12.7. The van der Waals surface area contributed by atoms with Gasteiger partial charge in [-0.15, -0.1) is 13.2 Å². The second-order valence-corrected chi connectivity index (χ2v) is 6.18. The first kappa shape index (κ1) is 16.8.